The Morgan fingerprint density at radius 2 is 1.86 bits per heavy atom. The van der Waals surface area contributed by atoms with Crippen molar-refractivity contribution >= 4 is 28.6 Å². The molecule has 1 saturated heterocycles. The molecule has 3 rings (SSSR count). The summed E-state index contributed by atoms with van der Waals surface area (Å²) in [5.41, 5.74) is 2.09. The Balaban J connectivity index is 1.56. The smallest absolute Gasteiger partial charge is 0.229 e. The fraction of sp³-hybridized carbons (Fsp3) is 0.353. The van der Waals surface area contributed by atoms with Crippen LogP contribution in [0.3, 0.4) is 0 Å². The number of nitrogens with zero attached hydrogens (tertiary/aromatic N) is 2. The second-order valence-electron chi connectivity index (χ2n) is 5.64. The zero-order chi connectivity index (χ0) is 15.4. The quantitative estimate of drug-likeness (QED) is 0.942. The number of rotatable bonds is 4. The molecule has 2 heterocycles. The van der Waals surface area contributed by atoms with Gasteiger partial charge in [0.1, 0.15) is 0 Å². The standard InChI is InChI=1S/C17H21N3OS/c1-19-8-10-20(11-9-19)15-6-4-14(5-7-15)18-17(21)13-16-3-2-12-22-16/h2-7,12H,8-11,13H2,1H3,(H,18,21). The van der Waals surface area contributed by atoms with Gasteiger partial charge in [0, 0.05) is 42.4 Å². The van der Waals surface area contributed by atoms with Crippen LogP contribution in [0.15, 0.2) is 41.8 Å². The van der Waals surface area contributed by atoms with Gasteiger partial charge in [-0.1, -0.05) is 6.07 Å². The molecule has 1 aromatic carbocycles. The minimum atomic E-state index is 0.0368. The molecular formula is C17H21N3OS. The van der Waals surface area contributed by atoms with E-state index in [1.165, 1.54) is 5.69 Å². The van der Waals surface area contributed by atoms with E-state index in [0.29, 0.717) is 6.42 Å². The number of nitrogens with one attached hydrogen (secondary N) is 1. The molecule has 1 aromatic heterocycles. The number of benzene rings is 1. The van der Waals surface area contributed by atoms with Gasteiger partial charge in [-0.05, 0) is 42.8 Å². The second-order valence-corrected chi connectivity index (χ2v) is 6.67. The first-order chi connectivity index (χ1) is 10.7. The van der Waals surface area contributed by atoms with E-state index in [0.717, 1.165) is 36.7 Å². The Morgan fingerprint density at radius 3 is 2.50 bits per heavy atom. The summed E-state index contributed by atoms with van der Waals surface area (Å²) in [5, 5.41) is 4.95. The van der Waals surface area contributed by atoms with Crippen molar-refractivity contribution in [1.82, 2.24) is 4.90 Å². The monoisotopic (exact) mass is 315 g/mol. The van der Waals surface area contributed by atoms with Crippen molar-refractivity contribution in [1.29, 1.82) is 0 Å². The fourth-order valence-electron chi connectivity index (χ4n) is 2.60. The van der Waals surface area contributed by atoms with Gasteiger partial charge in [-0.15, -0.1) is 11.3 Å². The number of carbonyl (C=O) groups excluding carboxylic acids is 1. The van der Waals surface area contributed by atoms with Gasteiger partial charge in [-0.3, -0.25) is 4.79 Å². The number of amides is 1. The molecule has 0 aliphatic carbocycles. The molecule has 0 spiro atoms. The van der Waals surface area contributed by atoms with E-state index < -0.39 is 0 Å². The number of hydrogen-bond acceptors (Lipinski definition) is 4. The lowest BCUT2D eigenvalue weighted by molar-refractivity contribution is -0.115. The van der Waals surface area contributed by atoms with Gasteiger partial charge in [-0.25, -0.2) is 0 Å². The molecule has 1 fully saturated rings. The molecule has 0 atom stereocenters. The Labute approximate surface area is 135 Å². The predicted molar refractivity (Wildman–Crippen MR) is 92.8 cm³/mol. The Hall–Kier alpha value is -1.85. The van der Waals surface area contributed by atoms with Crippen LogP contribution in [-0.4, -0.2) is 44.0 Å². The number of anilines is 2. The summed E-state index contributed by atoms with van der Waals surface area (Å²) in [6.07, 6.45) is 0.442. The summed E-state index contributed by atoms with van der Waals surface area (Å²) in [6, 6.07) is 12.1. The van der Waals surface area contributed by atoms with Crippen LogP contribution >= 0.6 is 11.3 Å². The predicted octanol–water partition coefficient (Wildman–Crippen LogP) is 2.68. The van der Waals surface area contributed by atoms with Crippen LogP contribution < -0.4 is 10.2 Å². The highest BCUT2D eigenvalue weighted by Gasteiger charge is 2.14. The third-order valence-electron chi connectivity index (χ3n) is 3.93. The Morgan fingerprint density at radius 1 is 1.14 bits per heavy atom. The van der Waals surface area contributed by atoms with E-state index in [9.17, 15) is 4.79 Å². The third-order valence-corrected chi connectivity index (χ3v) is 4.81. The maximum atomic E-state index is 12.0. The molecule has 5 heteroatoms. The molecule has 0 unspecified atom stereocenters. The zero-order valence-corrected chi connectivity index (χ0v) is 13.6. The number of likely N-dealkylation sites (N-methyl/N-ethyl adjacent to an activating group) is 1. The van der Waals surface area contributed by atoms with Crippen molar-refractivity contribution in [3.63, 3.8) is 0 Å². The normalized spacial score (nSPS) is 15.8. The van der Waals surface area contributed by atoms with Gasteiger partial charge in [-0.2, -0.15) is 0 Å². The first-order valence-electron chi connectivity index (χ1n) is 7.56. The van der Waals surface area contributed by atoms with Gasteiger partial charge in [0.05, 0.1) is 6.42 Å². The summed E-state index contributed by atoms with van der Waals surface area (Å²) in [4.78, 5) is 17.8. The van der Waals surface area contributed by atoms with Crippen molar-refractivity contribution in [2.24, 2.45) is 0 Å². The molecule has 116 valence electrons. The van der Waals surface area contributed by atoms with Crippen molar-refractivity contribution in [2.75, 3.05) is 43.4 Å². The van der Waals surface area contributed by atoms with Crippen molar-refractivity contribution in [2.45, 2.75) is 6.42 Å². The van der Waals surface area contributed by atoms with Crippen LogP contribution in [0.25, 0.3) is 0 Å². The summed E-state index contributed by atoms with van der Waals surface area (Å²) in [6.45, 7) is 4.31. The lowest BCUT2D eigenvalue weighted by Gasteiger charge is -2.34. The molecule has 1 aliphatic rings. The molecule has 1 aliphatic heterocycles. The molecule has 4 nitrogen and oxygen atoms in total. The van der Waals surface area contributed by atoms with E-state index in [2.05, 4.69) is 34.3 Å². The fourth-order valence-corrected chi connectivity index (χ4v) is 3.30. The van der Waals surface area contributed by atoms with E-state index in [-0.39, 0.29) is 5.91 Å². The first kappa shape index (κ1) is 15.1. The highest BCUT2D eigenvalue weighted by molar-refractivity contribution is 7.10. The van der Waals surface area contributed by atoms with Gasteiger partial charge in [0.2, 0.25) is 5.91 Å². The van der Waals surface area contributed by atoms with Crippen LogP contribution in [0.4, 0.5) is 11.4 Å². The maximum absolute atomic E-state index is 12.0. The molecule has 1 N–H and O–H groups in total. The van der Waals surface area contributed by atoms with Gasteiger partial charge in [0.25, 0.3) is 0 Å². The van der Waals surface area contributed by atoms with Crippen LogP contribution in [0.2, 0.25) is 0 Å². The van der Waals surface area contributed by atoms with E-state index >= 15 is 0 Å². The molecule has 0 saturated carbocycles. The molecule has 2 aromatic rings. The molecule has 0 bridgehead atoms. The van der Waals surface area contributed by atoms with E-state index in [4.69, 9.17) is 0 Å². The van der Waals surface area contributed by atoms with Crippen LogP contribution in [0, 0.1) is 0 Å². The average molecular weight is 315 g/mol. The van der Waals surface area contributed by atoms with Gasteiger partial charge < -0.3 is 15.1 Å². The van der Waals surface area contributed by atoms with Crippen LogP contribution in [0.1, 0.15) is 4.88 Å². The molecule has 1 amide bonds. The number of carbonyl (C=O) groups is 1. The highest BCUT2D eigenvalue weighted by Crippen LogP contribution is 2.19. The summed E-state index contributed by atoms with van der Waals surface area (Å²) in [7, 11) is 2.16. The molecule has 22 heavy (non-hydrogen) atoms. The van der Waals surface area contributed by atoms with Crippen molar-refractivity contribution < 1.29 is 4.79 Å². The minimum absolute atomic E-state index is 0.0368. The van der Waals surface area contributed by atoms with E-state index in [1.54, 1.807) is 11.3 Å². The lowest BCUT2D eigenvalue weighted by Crippen LogP contribution is -2.44. The lowest BCUT2D eigenvalue weighted by atomic mass is 10.2. The number of hydrogen-bond donors (Lipinski definition) is 1. The van der Waals surface area contributed by atoms with Crippen molar-refractivity contribution in [3.8, 4) is 0 Å². The summed E-state index contributed by atoms with van der Waals surface area (Å²) >= 11 is 1.61. The van der Waals surface area contributed by atoms with Crippen molar-refractivity contribution in [3.05, 3.63) is 46.7 Å². The van der Waals surface area contributed by atoms with Crippen LogP contribution in [-0.2, 0) is 11.2 Å². The molecule has 0 radical (unpaired) electrons. The summed E-state index contributed by atoms with van der Waals surface area (Å²) in [5.74, 6) is 0.0368. The number of piperazine rings is 1. The van der Waals surface area contributed by atoms with Gasteiger partial charge in [0.15, 0.2) is 0 Å². The molecular weight excluding hydrogens is 294 g/mol. The Bertz CT molecular complexity index is 601. The highest BCUT2D eigenvalue weighted by atomic mass is 32.1. The van der Waals surface area contributed by atoms with Gasteiger partial charge >= 0.3 is 0 Å². The topological polar surface area (TPSA) is 35.6 Å². The third kappa shape index (κ3) is 3.87. The zero-order valence-electron chi connectivity index (χ0n) is 12.8. The van der Waals surface area contributed by atoms with E-state index in [1.807, 2.05) is 29.6 Å². The Kier molecular flexibility index (Phi) is 4.75. The minimum Gasteiger partial charge on any atom is -0.369 e. The number of thiophene rings is 1. The first-order valence-corrected chi connectivity index (χ1v) is 8.44. The SMILES string of the molecule is CN1CCN(c2ccc(NC(=O)Cc3cccs3)cc2)CC1. The summed E-state index contributed by atoms with van der Waals surface area (Å²) < 4.78 is 0. The van der Waals surface area contributed by atoms with Crippen LogP contribution in [0.5, 0.6) is 0 Å². The largest absolute Gasteiger partial charge is 0.369 e. The average Bonchev–Trinajstić information content (AvgIpc) is 3.02. The second kappa shape index (κ2) is 6.94. The maximum Gasteiger partial charge on any atom is 0.229 e.